The molecule has 0 spiro atoms. The van der Waals surface area contributed by atoms with Gasteiger partial charge in [-0.15, -0.1) is 0 Å². The van der Waals surface area contributed by atoms with Gasteiger partial charge in [-0.3, -0.25) is 4.79 Å². The van der Waals surface area contributed by atoms with E-state index in [1.54, 1.807) is 0 Å². The molecule has 21 heavy (non-hydrogen) atoms. The maximum atomic E-state index is 12.7. The lowest BCUT2D eigenvalue weighted by Crippen LogP contribution is -2.40. The van der Waals surface area contributed by atoms with Crippen LogP contribution in [0.5, 0.6) is 0 Å². The van der Waals surface area contributed by atoms with Gasteiger partial charge >= 0.3 is 0 Å². The second kappa shape index (κ2) is 7.90. The van der Waals surface area contributed by atoms with Gasteiger partial charge in [-0.25, -0.2) is 0 Å². The summed E-state index contributed by atoms with van der Waals surface area (Å²) in [5.74, 6) is 0.450. The summed E-state index contributed by atoms with van der Waals surface area (Å²) in [6.45, 7) is 15.3. The third kappa shape index (κ3) is 4.27. The molecule has 1 aliphatic carbocycles. The maximum absolute atomic E-state index is 12.7. The highest BCUT2D eigenvalue weighted by Gasteiger charge is 2.43. The minimum atomic E-state index is -0.392. The van der Waals surface area contributed by atoms with Crippen LogP contribution in [0.15, 0.2) is 23.8 Å². The van der Waals surface area contributed by atoms with E-state index >= 15 is 0 Å². The Kier molecular flexibility index (Phi) is 6.82. The largest absolute Gasteiger partial charge is 0.353 e. The SMILES string of the molecule is C=C(C)[C@H]1CC=C(C)C(=O)[C@]1(C)CCC(OCC)OCC. The van der Waals surface area contributed by atoms with Gasteiger partial charge in [-0.2, -0.15) is 0 Å². The molecule has 0 saturated heterocycles. The summed E-state index contributed by atoms with van der Waals surface area (Å²) in [6.07, 6.45) is 4.23. The van der Waals surface area contributed by atoms with Crippen LogP contribution in [0.3, 0.4) is 0 Å². The second-order valence-electron chi connectivity index (χ2n) is 6.15. The van der Waals surface area contributed by atoms with E-state index in [2.05, 4.69) is 13.5 Å². The first-order valence-electron chi connectivity index (χ1n) is 7.96. The van der Waals surface area contributed by atoms with Crippen molar-refractivity contribution in [2.45, 2.75) is 60.2 Å². The lowest BCUT2D eigenvalue weighted by atomic mass is 9.62. The van der Waals surface area contributed by atoms with Crippen molar-refractivity contribution < 1.29 is 14.3 Å². The molecule has 0 saturated carbocycles. The number of carbonyl (C=O) groups excluding carboxylic acids is 1. The predicted octanol–water partition coefficient (Wildman–Crippen LogP) is 4.28. The van der Waals surface area contributed by atoms with Crippen molar-refractivity contribution in [2.75, 3.05) is 13.2 Å². The van der Waals surface area contributed by atoms with Crippen molar-refractivity contribution in [1.29, 1.82) is 0 Å². The Balaban J connectivity index is 2.86. The number of Topliss-reactive ketones (excluding diaryl/α,β-unsaturated/α-hetero) is 1. The molecule has 1 rings (SSSR count). The summed E-state index contributed by atoms with van der Waals surface area (Å²) in [5, 5.41) is 0. The van der Waals surface area contributed by atoms with E-state index in [4.69, 9.17) is 9.47 Å². The molecule has 0 bridgehead atoms. The first-order valence-corrected chi connectivity index (χ1v) is 7.96. The zero-order valence-electron chi connectivity index (χ0n) is 14.2. The Bertz CT molecular complexity index is 405. The van der Waals surface area contributed by atoms with Gasteiger partial charge in [0, 0.05) is 18.6 Å². The van der Waals surface area contributed by atoms with Crippen LogP contribution in [0, 0.1) is 11.3 Å². The number of rotatable bonds is 8. The van der Waals surface area contributed by atoms with Crippen LogP contribution in [0.4, 0.5) is 0 Å². The van der Waals surface area contributed by atoms with Crippen LogP contribution < -0.4 is 0 Å². The summed E-state index contributed by atoms with van der Waals surface area (Å²) < 4.78 is 11.2. The van der Waals surface area contributed by atoms with Gasteiger partial charge in [0.2, 0.25) is 0 Å². The second-order valence-corrected chi connectivity index (χ2v) is 6.15. The number of ether oxygens (including phenoxy) is 2. The Morgan fingerprint density at radius 2 is 2.00 bits per heavy atom. The zero-order chi connectivity index (χ0) is 16.0. The number of hydrogen-bond donors (Lipinski definition) is 0. The highest BCUT2D eigenvalue weighted by atomic mass is 16.7. The van der Waals surface area contributed by atoms with Gasteiger partial charge in [0.1, 0.15) is 0 Å². The summed E-state index contributed by atoms with van der Waals surface area (Å²) in [6, 6.07) is 0. The molecule has 0 heterocycles. The summed E-state index contributed by atoms with van der Waals surface area (Å²) in [4.78, 5) is 12.7. The minimum Gasteiger partial charge on any atom is -0.353 e. The number of hydrogen-bond acceptors (Lipinski definition) is 3. The predicted molar refractivity (Wildman–Crippen MR) is 86.1 cm³/mol. The van der Waals surface area contributed by atoms with Gasteiger partial charge in [0.05, 0.1) is 0 Å². The fourth-order valence-electron chi connectivity index (χ4n) is 3.29. The molecule has 0 fully saturated rings. The van der Waals surface area contributed by atoms with E-state index in [0.717, 1.165) is 30.4 Å². The monoisotopic (exact) mass is 294 g/mol. The van der Waals surface area contributed by atoms with E-state index < -0.39 is 5.41 Å². The van der Waals surface area contributed by atoms with E-state index in [-0.39, 0.29) is 18.0 Å². The zero-order valence-corrected chi connectivity index (χ0v) is 14.2. The van der Waals surface area contributed by atoms with E-state index in [9.17, 15) is 4.79 Å². The van der Waals surface area contributed by atoms with Crippen molar-refractivity contribution in [3.8, 4) is 0 Å². The first-order chi connectivity index (χ1) is 9.86. The smallest absolute Gasteiger partial charge is 0.164 e. The molecule has 0 aliphatic heterocycles. The first kappa shape index (κ1) is 18.1. The van der Waals surface area contributed by atoms with Crippen LogP contribution in [-0.4, -0.2) is 25.3 Å². The Labute approximate surface area is 129 Å². The van der Waals surface area contributed by atoms with Crippen molar-refractivity contribution in [1.82, 2.24) is 0 Å². The Morgan fingerprint density at radius 1 is 1.43 bits per heavy atom. The molecule has 1 aliphatic rings. The summed E-state index contributed by atoms with van der Waals surface area (Å²) in [5.41, 5.74) is 1.57. The van der Waals surface area contributed by atoms with E-state index in [1.807, 2.05) is 33.8 Å². The third-order valence-electron chi connectivity index (χ3n) is 4.51. The molecule has 0 unspecified atom stereocenters. The fourth-order valence-corrected chi connectivity index (χ4v) is 3.29. The molecular formula is C18H30O3. The molecule has 0 N–H and O–H groups in total. The van der Waals surface area contributed by atoms with Crippen molar-refractivity contribution in [2.24, 2.45) is 11.3 Å². The van der Waals surface area contributed by atoms with Crippen LogP contribution >= 0.6 is 0 Å². The van der Waals surface area contributed by atoms with Gasteiger partial charge in [0.25, 0.3) is 0 Å². The fraction of sp³-hybridized carbons (Fsp3) is 0.722. The molecule has 0 aromatic rings. The lowest BCUT2D eigenvalue weighted by molar-refractivity contribution is -0.147. The third-order valence-corrected chi connectivity index (χ3v) is 4.51. The molecular weight excluding hydrogens is 264 g/mol. The highest BCUT2D eigenvalue weighted by molar-refractivity contribution is 6.00. The number of ketones is 1. The number of carbonyl (C=O) groups is 1. The molecule has 2 atom stereocenters. The topological polar surface area (TPSA) is 35.5 Å². The van der Waals surface area contributed by atoms with Gasteiger partial charge in [-0.1, -0.05) is 25.2 Å². The summed E-state index contributed by atoms with van der Waals surface area (Å²) >= 11 is 0. The minimum absolute atomic E-state index is 0.206. The lowest BCUT2D eigenvalue weighted by Gasteiger charge is -2.40. The number of allylic oxidation sites excluding steroid dienone is 3. The van der Waals surface area contributed by atoms with Crippen LogP contribution in [0.25, 0.3) is 0 Å². The average Bonchev–Trinajstić information content (AvgIpc) is 2.42. The summed E-state index contributed by atoms with van der Waals surface area (Å²) in [7, 11) is 0. The highest BCUT2D eigenvalue weighted by Crippen LogP contribution is 2.45. The van der Waals surface area contributed by atoms with Crippen molar-refractivity contribution >= 4 is 5.78 Å². The Morgan fingerprint density at radius 3 is 2.48 bits per heavy atom. The standard InChI is InChI=1S/C18H30O3/c1-7-20-16(21-8-2)11-12-18(6)15(13(3)4)10-9-14(5)17(18)19/h9,15-16H,3,7-8,10-12H2,1-2,4-6H3/t15-,18-/m1/s1. The normalized spacial score (nSPS) is 26.1. The molecule has 0 amide bonds. The quantitative estimate of drug-likeness (QED) is 0.495. The maximum Gasteiger partial charge on any atom is 0.164 e. The van der Waals surface area contributed by atoms with E-state index in [1.165, 1.54) is 0 Å². The molecule has 0 radical (unpaired) electrons. The van der Waals surface area contributed by atoms with Crippen LogP contribution in [0.2, 0.25) is 0 Å². The van der Waals surface area contributed by atoms with Crippen molar-refractivity contribution in [3.63, 3.8) is 0 Å². The average molecular weight is 294 g/mol. The van der Waals surface area contributed by atoms with Gasteiger partial charge < -0.3 is 9.47 Å². The van der Waals surface area contributed by atoms with Crippen LogP contribution in [-0.2, 0) is 14.3 Å². The Hall–Kier alpha value is -0.930. The molecule has 0 aromatic carbocycles. The molecule has 3 nitrogen and oxygen atoms in total. The molecule has 0 aromatic heterocycles. The van der Waals surface area contributed by atoms with Crippen LogP contribution in [0.1, 0.15) is 53.9 Å². The van der Waals surface area contributed by atoms with Crippen molar-refractivity contribution in [3.05, 3.63) is 23.8 Å². The molecule has 3 heteroatoms. The van der Waals surface area contributed by atoms with Gasteiger partial charge in [0.15, 0.2) is 12.1 Å². The molecule has 120 valence electrons. The van der Waals surface area contributed by atoms with Gasteiger partial charge in [-0.05, 0) is 58.4 Å². The van der Waals surface area contributed by atoms with E-state index in [0.29, 0.717) is 13.2 Å².